The molecular formula is C16H18N4O4. The molecule has 0 bridgehead atoms. The van der Waals surface area contributed by atoms with Crippen molar-refractivity contribution in [2.75, 3.05) is 20.4 Å². The van der Waals surface area contributed by atoms with Crippen molar-refractivity contribution in [1.82, 2.24) is 19.7 Å². The Hall–Kier alpha value is -2.61. The third-order valence-corrected chi connectivity index (χ3v) is 4.42. The molecule has 2 aromatic rings. The van der Waals surface area contributed by atoms with Crippen LogP contribution in [-0.4, -0.2) is 46.0 Å². The predicted octanol–water partition coefficient (Wildman–Crippen LogP) is 1.37. The minimum Gasteiger partial charge on any atom is -0.454 e. The monoisotopic (exact) mass is 330 g/mol. The molecule has 3 heterocycles. The van der Waals surface area contributed by atoms with Gasteiger partial charge >= 0.3 is 0 Å². The van der Waals surface area contributed by atoms with Gasteiger partial charge in [0, 0.05) is 25.8 Å². The summed E-state index contributed by atoms with van der Waals surface area (Å²) < 4.78 is 17.8. The van der Waals surface area contributed by atoms with Crippen molar-refractivity contribution >= 4 is 5.91 Å². The number of carbonyl (C=O) groups excluding carboxylic acids is 1. The largest absolute Gasteiger partial charge is 0.454 e. The van der Waals surface area contributed by atoms with Gasteiger partial charge in [0.1, 0.15) is 6.61 Å². The van der Waals surface area contributed by atoms with Crippen molar-refractivity contribution in [1.29, 1.82) is 0 Å². The first-order valence-electron chi connectivity index (χ1n) is 7.80. The molecule has 2 aliphatic heterocycles. The summed E-state index contributed by atoms with van der Waals surface area (Å²) in [6.45, 7) is 3.81. The first-order chi connectivity index (χ1) is 11.7. The Balaban J connectivity index is 1.59. The molecule has 1 aromatic carbocycles. The zero-order valence-corrected chi connectivity index (χ0v) is 13.6. The van der Waals surface area contributed by atoms with Gasteiger partial charge in [-0.15, -0.1) is 10.2 Å². The highest BCUT2D eigenvalue weighted by atomic mass is 16.7. The summed E-state index contributed by atoms with van der Waals surface area (Å²) in [7, 11) is 1.63. The first kappa shape index (κ1) is 14.9. The average molecular weight is 330 g/mol. The number of benzene rings is 1. The number of hydrogen-bond acceptors (Lipinski definition) is 6. The number of hydrogen-bond donors (Lipinski definition) is 0. The Morgan fingerprint density at radius 1 is 1.29 bits per heavy atom. The Bertz CT molecular complexity index is 788. The third-order valence-electron chi connectivity index (χ3n) is 4.42. The Morgan fingerprint density at radius 2 is 2.12 bits per heavy atom. The van der Waals surface area contributed by atoms with Crippen LogP contribution in [0.3, 0.4) is 0 Å². The minimum absolute atomic E-state index is 0.0525. The lowest BCUT2D eigenvalue weighted by atomic mass is 10.1. The molecule has 1 aromatic heterocycles. The maximum absolute atomic E-state index is 12.9. The van der Waals surface area contributed by atoms with Crippen LogP contribution in [0.1, 0.15) is 35.0 Å². The maximum atomic E-state index is 12.9. The summed E-state index contributed by atoms with van der Waals surface area (Å²) >= 11 is 0. The summed E-state index contributed by atoms with van der Waals surface area (Å²) in [6, 6.07) is 5.10. The molecule has 0 saturated carbocycles. The molecule has 0 N–H and O–H groups in total. The number of amides is 1. The van der Waals surface area contributed by atoms with Crippen LogP contribution in [0.25, 0.3) is 0 Å². The molecule has 0 saturated heterocycles. The predicted molar refractivity (Wildman–Crippen MR) is 82.8 cm³/mol. The lowest BCUT2D eigenvalue weighted by Gasteiger charge is -2.33. The van der Waals surface area contributed by atoms with Crippen LogP contribution in [0, 0.1) is 0 Å². The molecule has 4 rings (SSSR count). The third kappa shape index (κ3) is 2.30. The quantitative estimate of drug-likeness (QED) is 0.846. The number of fused-ring (bicyclic) bond motifs is 2. The van der Waals surface area contributed by atoms with Gasteiger partial charge in [-0.25, -0.2) is 0 Å². The number of carbonyl (C=O) groups is 1. The van der Waals surface area contributed by atoms with Gasteiger partial charge in [0.05, 0.1) is 6.04 Å². The van der Waals surface area contributed by atoms with Crippen LogP contribution >= 0.6 is 0 Å². The second-order valence-electron chi connectivity index (χ2n) is 5.80. The zero-order valence-electron chi connectivity index (χ0n) is 13.6. The Morgan fingerprint density at radius 3 is 2.96 bits per heavy atom. The minimum atomic E-state index is -0.158. The number of methoxy groups -OCH3 is 1. The highest BCUT2D eigenvalue weighted by Gasteiger charge is 2.32. The van der Waals surface area contributed by atoms with Crippen LogP contribution in [0.15, 0.2) is 18.2 Å². The standard InChI is InChI=1S/C16H18N4O4/c1-10-15-18-17-14(8-22-2)20(15)6-5-19(10)16(21)11-3-4-12-13(7-11)24-9-23-12/h3-4,7,10H,5-6,8-9H2,1-2H3/t10-/m0/s1. The number of aromatic nitrogens is 3. The zero-order chi connectivity index (χ0) is 16.7. The van der Waals surface area contributed by atoms with E-state index in [-0.39, 0.29) is 18.7 Å². The fraction of sp³-hybridized carbons (Fsp3) is 0.438. The fourth-order valence-electron chi connectivity index (χ4n) is 3.15. The highest BCUT2D eigenvalue weighted by molar-refractivity contribution is 5.95. The number of nitrogens with zero attached hydrogens (tertiary/aromatic N) is 4. The van der Waals surface area contributed by atoms with Gasteiger partial charge in [-0.1, -0.05) is 0 Å². The van der Waals surface area contributed by atoms with E-state index in [0.717, 1.165) is 11.6 Å². The van der Waals surface area contributed by atoms with Crippen LogP contribution in [-0.2, 0) is 17.9 Å². The molecule has 8 nitrogen and oxygen atoms in total. The maximum Gasteiger partial charge on any atom is 0.254 e. The van der Waals surface area contributed by atoms with Crippen molar-refractivity contribution in [2.45, 2.75) is 26.1 Å². The van der Waals surface area contributed by atoms with Gasteiger partial charge < -0.3 is 23.7 Å². The van der Waals surface area contributed by atoms with E-state index in [4.69, 9.17) is 14.2 Å². The van der Waals surface area contributed by atoms with E-state index >= 15 is 0 Å². The van der Waals surface area contributed by atoms with Crippen molar-refractivity contribution in [2.24, 2.45) is 0 Å². The number of ether oxygens (including phenoxy) is 3. The van der Waals surface area contributed by atoms with Gasteiger partial charge in [-0.2, -0.15) is 0 Å². The van der Waals surface area contributed by atoms with Gasteiger partial charge in [0.15, 0.2) is 23.1 Å². The van der Waals surface area contributed by atoms with Gasteiger partial charge in [0.2, 0.25) is 6.79 Å². The summed E-state index contributed by atoms with van der Waals surface area (Å²) in [5.41, 5.74) is 0.580. The second-order valence-corrected chi connectivity index (χ2v) is 5.80. The molecule has 1 amide bonds. The summed E-state index contributed by atoms with van der Waals surface area (Å²) in [4.78, 5) is 14.7. The van der Waals surface area contributed by atoms with Crippen molar-refractivity contribution in [3.8, 4) is 11.5 Å². The first-order valence-corrected chi connectivity index (χ1v) is 7.80. The van der Waals surface area contributed by atoms with Gasteiger partial charge in [-0.05, 0) is 25.1 Å². The van der Waals surface area contributed by atoms with Crippen molar-refractivity contribution in [3.63, 3.8) is 0 Å². The van der Waals surface area contributed by atoms with E-state index in [0.29, 0.717) is 36.8 Å². The molecule has 0 radical (unpaired) electrons. The molecule has 8 heteroatoms. The van der Waals surface area contributed by atoms with Gasteiger partial charge in [0.25, 0.3) is 5.91 Å². The van der Waals surface area contributed by atoms with Crippen LogP contribution in [0.5, 0.6) is 11.5 Å². The summed E-state index contributed by atoms with van der Waals surface area (Å²) in [6.07, 6.45) is 0. The Kier molecular flexibility index (Phi) is 3.61. The molecule has 126 valence electrons. The number of rotatable bonds is 3. The molecule has 0 fully saturated rings. The molecule has 0 spiro atoms. The molecular weight excluding hydrogens is 312 g/mol. The van der Waals surface area contributed by atoms with Crippen LogP contribution < -0.4 is 9.47 Å². The van der Waals surface area contributed by atoms with E-state index < -0.39 is 0 Å². The van der Waals surface area contributed by atoms with E-state index in [1.54, 1.807) is 30.2 Å². The molecule has 0 aliphatic carbocycles. The molecule has 1 atom stereocenters. The smallest absolute Gasteiger partial charge is 0.254 e. The normalized spacial score (nSPS) is 18.6. The SMILES string of the molecule is COCc1nnc2n1CCN(C(=O)c1ccc3c(c1)OCO3)[C@H]2C. The Labute approximate surface area is 138 Å². The van der Waals surface area contributed by atoms with Crippen molar-refractivity contribution < 1.29 is 19.0 Å². The van der Waals surface area contributed by atoms with Gasteiger partial charge in [-0.3, -0.25) is 4.79 Å². The van der Waals surface area contributed by atoms with Crippen LogP contribution in [0.2, 0.25) is 0 Å². The summed E-state index contributed by atoms with van der Waals surface area (Å²) in [5, 5.41) is 8.40. The average Bonchev–Trinajstić information content (AvgIpc) is 3.21. The molecule has 24 heavy (non-hydrogen) atoms. The van der Waals surface area contributed by atoms with E-state index in [9.17, 15) is 4.79 Å². The van der Waals surface area contributed by atoms with E-state index in [1.165, 1.54) is 0 Å². The lowest BCUT2D eigenvalue weighted by molar-refractivity contribution is 0.0632. The topological polar surface area (TPSA) is 78.7 Å². The summed E-state index contributed by atoms with van der Waals surface area (Å²) in [5.74, 6) is 2.79. The molecule has 2 aliphatic rings. The lowest BCUT2D eigenvalue weighted by Crippen LogP contribution is -2.41. The fourth-order valence-corrected chi connectivity index (χ4v) is 3.15. The second kappa shape index (κ2) is 5.79. The van der Waals surface area contributed by atoms with E-state index in [1.807, 2.05) is 11.5 Å². The van der Waals surface area contributed by atoms with Crippen molar-refractivity contribution in [3.05, 3.63) is 35.4 Å². The molecule has 0 unspecified atom stereocenters. The highest BCUT2D eigenvalue weighted by Crippen LogP contribution is 2.34. The van der Waals surface area contributed by atoms with Crippen LogP contribution in [0.4, 0.5) is 0 Å². The van der Waals surface area contributed by atoms with E-state index in [2.05, 4.69) is 10.2 Å².